The van der Waals surface area contributed by atoms with E-state index in [2.05, 4.69) is 61.7 Å². The van der Waals surface area contributed by atoms with Gasteiger partial charge in [0.05, 0.1) is 34.7 Å². The Morgan fingerprint density at radius 1 is 0.900 bits per heavy atom. The van der Waals surface area contributed by atoms with Crippen molar-refractivity contribution in [1.29, 1.82) is 0 Å². The molecule has 0 aliphatic carbocycles. The van der Waals surface area contributed by atoms with E-state index in [1.807, 2.05) is 0 Å². The molecule has 0 aromatic carbocycles. The van der Waals surface area contributed by atoms with Crippen LogP contribution in [-0.2, 0) is 0 Å². The van der Waals surface area contributed by atoms with Crippen molar-refractivity contribution in [2.24, 2.45) is 0 Å². The molecule has 20 heavy (non-hydrogen) atoms. The zero-order chi connectivity index (χ0) is 15.4. The first-order valence-electron chi connectivity index (χ1n) is 8.20. The maximum atomic E-state index is 3.53. The summed E-state index contributed by atoms with van der Waals surface area (Å²) in [5.41, 5.74) is 0. The molecule has 0 bridgehead atoms. The van der Waals surface area contributed by atoms with Crippen molar-refractivity contribution in [2.75, 3.05) is 54.4 Å². The van der Waals surface area contributed by atoms with Crippen molar-refractivity contribution in [1.82, 2.24) is 15.1 Å². The van der Waals surface area contributed by atoms with Crippen LogP contribution in [0, 0.1) is 0 Å². The monoisotopic (exact) mass is 285 g/mol. The maximum absolute atomic E-state index is 3.53. The van der Waals surface area contributed by atoms with Gasteiger partial charge < -0.3 is 4.90 Å². The lowest BCUT2D eigenvalue weighted by molar-refractivity contribution is -0.472. The topological polar surface area (TPSA) is 21.5 Å². The van der Waals surface area contributed by atoms with Crippen LogP contribution in [0.3, 0.4) is 0 Å². The van der Waals surface area contributed by atoms with Gasteiger partial charge in [-0.15, -0.1) is 0 Å². The quantitative estimate of drug-likeness (QED) is 0.287. The van der Waals surface area contributed by atoms with E-state index in [-0.39, 0.29) is 0 Å². The first-order valence-corrected chi connectivity index (χ1v) is 8.20. The van der Waals surface area contributed by atoms with Crippen LogP contribution in [0.15, 0.2) is 0 Å². The second kappa shape index (κ2) is 12.0. The van der Waals surface area contributed by atoms with Gasteiger partial charge in [0.25, 0.3) is 0 Å². The van der Waals surface area contributed by atoms with Crippen molar-refractivity contribution >= 4 is 5.96 Å². The molecular formula is C16H37N4+. The minimum atomic E-state index is 1.04. The molecule has 0 saturated heterocycles. The molecule has 0 spiro atoms. The van der Waals surface area contributed by atoms with Crippen LogP contribution in [0.25, 0.3) is 0 Å². The van der Waals surface area contributed by atoms with E-state index in [9.17, 15) is 0 Å². The van der Waals surface area contributed by atoms with Crippen LogP contribution in [0.5, 0.6) is 0 Å². The summed E-state index contributed by atoms with van der Waals surface area (Å²) in [6.45, 7) is 9.31. The van der Waals surface area contributed by atoms with Gasteiger partial charge in [-0.2, -0.15) is 0 Å². The Hall–Kier alpha value is -0.770. The van der Waals surface area contributed by atoms with Crippen LogP contribution in [-0.4, -0.2) is 74.7 Å². The van der Waals surface area contributed by atoms with Crippen LogP contribution in [0.4, 0.5) is 0 Å². The fraction of sp³-hybridized carbons (Fsp3) is 0.938. The zero-order valence-electron chi connectivity index (χ0n) is 14.7. The van der Waals surface area contributed by atoms with Gasteiger partial charge >= 0.3 is 5.96 Å². The fourth-order valence-corrected chi connectivity index (χ4v) is 2.32. The van der Waals surface area contributed by atoms with Crippen LogP contribution in [0.2, 0.25) is 0 Å². The predicted octanol–water partition coefficient (Wildman–Crippen LogP) is 2.06. The van der Waals surface area contributed by atoms with Crippen molar-refractivity contribution in [3.05, 3.63) is 0 Å². The molecular weight excluding hydrogens is 248 g/mol. The van der Waals surface area contributed by atoms with E-state index in [1.54, 1.807) is 0 Å². The molecule has 120 valence electrons. The summed E-state index contributed by atoms with van der Waals surface area (Å²) in [6, 6.07) is 0. The molecule has 0 saturated carbocycles. The van der Waals surface area contributed by atoms with Gasteiger partial charge in [0.15, 0.2) is 0 Å². The maximum Gasteiger partial charge on any atom is 0.347 e. The predicted molar refractivity (Wildman–Crippen MR) is 89.7 cm³/mol. The van der Waals surface area contributed by atoms with Gasteiger partial charge in [-0.05, 0) is 32.4 Å². The highest BCUT2D eigenvalue weighted by atomic mass is 15.3. The van der Waals surface area contributed by atoms with E-state index < -0.39 is 0 Å². The summed E-state index contributed by atoms with van der Waals surface area (Å²) in [5.74, 6) is 1.18. The third-order valence-corrected chi connectivity index (χ3v) is 3.44. The highest BCUT2D eigenvalue weighted by Crippen LogP contribution is 2.00. The number of hydrogen-bond acceptors (Lipinski definition) is 1. The first kappa shape index (κ1) is 19.2. The Morgan fingerprint density at radius 2 is 1.40 bits per heavy atom. The van der Waals surface area contributed by atoms with E-state index in [4.69, 9.17) is 0 Å². The van der Waals surface area contributed by atoms with Gasteiger partial charge in [-0.1, -0.05) is 26.7 Å². The Balaban J connectivity index is 4.00. The largest absolute Gasteiger partial charge is 0.347 e. The van der Waals surface area contributed by atoms with Crippen molar-refractivity contribution in [2.45, 2.75) is 46.0 Å². The normalized spacial score (nSPS) is 10.8. The number of hydrogen-bond donors (Lipinski definition) is 1. The average molecular weight is 286 g/mol. The van der Waals surface area contributed by atoms with E-state index in [0.29, 0.717) is 0 Å². The fourth-order valence-electron chi connectivity index (χ4n) is 2.32. The molecule has 1 N–H and O–H groups in total. The molecule has 0 radical (unpaired) electrons. The van der Waals surface area contributed by atoms with Gasteiger partial charge in [-0.3, -0.25) is 14.8 Å². The standard InChI is InChI=1S/C16H36N4/c1-7-9-13-20(14-10-8-2)15-11-12-17-16(18(3)4)19(5)6/h7-15H2,1-6H3/p+1. The van der Waals surface area contributed by atoms with E-state index >= 15 is 0 Å². The van der Waals surface area contributed by atoms with Gasteiger partial charge in [0.1, 0.15) is 0 Å². The highest BCUT2D eigenvalue weighted by molar-refractivity contribution is 5.74. The number of rotatable bonds is 10. The second-order valence-corrected chi connectivity index (χ2v) is 5.94. The number of nitrogens with one attached hydrogen (secondary N) is 1. The molecule has 0 unspecified atom stereocenters. The Labute approximate surface area is 126 Å². The minimum Gasteiger partial charge on any atom is -0.303 e. The Morgan fingerprint density at radius 3 is 1.80 bits per heavy atom. The van der Waals surface area contributed by atoms with E-state index in [1.165, 1.54) is 57.7 Å². The second-order valence-electron chi connectivity index (χ2n) is 5.94. The Bertz CT molecular complexity index is 249. The lowest BCUT2D eigenvalue weighted by Gasteiger charge is -2.22. The average Bonchev–Trinajstić information content (AvgIpc) is 2.39. The summed E-state index contributed by atoms with van der Waals surface area (Å²) in [5, 5.41) is 3.53. The van der Waals surface area contributed by atoms with Crippen LogP contribution in [0.1, 0.15) is 46.0 Å². The van der Waals surface area contributed by atoms with E-state index in [0.717, 1.165) is 6.54 Å². The molecule has 0 fully saturated rings. The molecule has 0 amide bonds. The number of nitrogens with zero attached hydrogens (tertiary/aromatic N) is 3. The number of unbranched alkanes of at least 4 members (excludes halogenated alkanes) is 2. The SMILES string of the molecule is CCCCN(CCCC)CCCNC(N(C)C)=[N+](C)C. The summed E-state index contributed by atoms with van der Waals surface area (Å²) in [6.07, 6.45) is 6.44. The van der Waals surface area contributed by atoms with Crippen LogP contribution < -0.4 is 5.32 Å². The summed E-state index contributed by atoms with van der Waals surface area (Å²) < 4.78 is 2.13. The van der Waals surface area contributed by atoms with Gasteiger partial charge in [-0.25, -0.2) is 0 Å². The first-order chi connectivity index (χ1) is 9.52. The molecule has 0 aromatic heterocycles. The molecule has 4 nitrogen and oxygen atoms in total. The lowest BCUT2D eigenvalue weighted by atomic mass is 10.2. The zero-order valence-corrected chi connectivity index (χ0v) is 14.7. The summed E-state index contributed by atoms with van der Waals surface area (Å²) in [7, 11) is 8.32. The molecule has 4 heteroatoms. The summed E-state index contributed by atoms with van der Waals surface area (Å²) >= 11 is 0. The van der Waals surface area contributed by atoms with Crippen LogP contribution >= 0.6 is 0 Å². The third-order valence-electron chi connectivity index (χ3n) is 3.44. The summed E-state index contributed by atoms with van der Waals surface area (Å²) in [4.78, 5) is 4.76. The molecule has 0 heterocycles. The Kier molecular flexibility index (Phi) is 11.5. The van der Waals surface area contributed by atoms with Crippen molar-refractivity contribution < 1.29 is 4.58 Å². The lowest BCUT2D eigenvalue weighted by Crippen LogP contribution is -2.43. The van der Waals surface area contributed by atoms with Gasteiger partial charge in [0.2, 0.25) is 0 Å². The minimum absolute atomic E-state index is 1.04. The van der Waals surface area contributed by atoms with Crippen molar-refractivity contribution in [3.63, 3.8) is 0 Å². The smallest absolute Gasteiger partial charge is 0.303 e. The molecule has 0 aromatic rings. The third kappa shape index (κ3) is 9.18. The van der Waals surface area contributed by atoms with Gasteiger partial charge in [0, 0.05) is 6.54 Å². The number of guanidine groups is 1. The molecule has 0 atom stereocenters. The molecule has 0 aliphatic heterocycles. The van der Waals surface area contributed by atoms with Crippen molar-refractivity contribution in [3.8, 4) is 0 Å². The highest BCUT2D eigenvalue weighted by Gasteiger charge is 2.10. The molecule has 0 aliphatic rings. The molecule has 0 rings (SSSR count).